The highest BCUT2D eigenvalue weighted by atomic mass is 35.5. The highest BCUT2D eigenvalue weighted by Gasteiger charge is 2.72. The molecule has 0 spiro atoms. The van der Waals surface area contributed by atoms with Crippen molar-refractivity contribution >= 4 is 70.1 Å². The average molecular weight is 805 g/mol. The number of rotatable bonds is 10. The first-order valence-corrected chi connectivity index (χ1v) is 21.0. The maximum atomic E-state index is 14.7. The van der Waals surface area contributed by atoms with Gasteiger partial charge in [-0.3, -0.25) is 9.17 Å². The third kappa shape index (κ3) is 6.58. The molecule has 288 valence electrons. The molecule has 0 radical (unpaired) electrons. The quantitative estimate of drug-likeness (QED) is 0.155. The highest BCUT2D eigenvalue weighted by molar-refractivity contribution is 7.86. The Morgan fingerprint density at radius 3 is 2.69 bits per heavy atom. The minimum Gasteiger partial charge on any atom is -0.462 e. The Labute approximate surface area is 318 Å². The molecule has 5 aromatic rings. The lowest BCUT2D eigenvalue weighted by Gasteiger charge is -2.28. The van der Waals surface area contributed by atoms with E-state index in [0.717, 1.165) is 70.5 Å². The van der Waals surface area contributed by atoms with Crippen LogP contribution in [0.4, 0.5) is 14.6 Å². The Morgan fingerprint density at radius 1 is 1.15 bits per heavy atom. The van der Waals surface area contributed by atoms with Crippen LogP contribution in [-0.4, -0.2) is 102 Å². The molecular weight excluding hydrogens is 766 g/mol. The number of β-amino-alcohol motifs (C(OH)–C–C–N with tert-alkyl or cyclic N) is 1. The fourth-order valence-electron chi connectivity index (χ4n) is 7.72. The number of alkyl halides is 2. The van der Waals surface area contributed by atoms with E-state index in [2.05, 4.69) is 0 Å². The molecule has 9 rings (SSSR count). The summed E-state index contributed by atoms with van der Waals surface area (Å²) in [5, 5.41) is 19.0. The molecule has 54 heavy (non-hydrogen) atoms. The lowest BCUT2D eigenvalue weighted by atomic mass is 9.95. The second-order valence-electron chi connectivity index (χ2n) is 15.3. The number of hydrogen-bond donors (Lipinski definition) is 1. The molecule has 2 aliphatic carbocycles. The van der Waals surface area contributed by atoms with Gasteiger partial charge in [0, 0.05) is 47.1 Å². The van der Waals surface area contributed by atoms with Crippen molar-refractivity contribution in [1.82, 2.24) is 24.7 Å². The van der Waals surface area contributed by atoms with E-state index in [0.29, 0.717) is 46.5 Å². The molecule has 6 heterocycles. The normalized spacial score (nSPS) is 26.1. The van der Waals surface area contributed by atoms with Crippen LogP contribution in [0.2, 0.25) is 5.02 Å². The summed E-state index contributed by atoms with van der Waals surface area (Å²) in [5.41, 5.74) is 0.428. The monoisotopic (exact) mass is 804 g/mol. The number of aliphatic hydroxyl groups is 1. The van der Waals surface area contributed by atoms with Gasteiger partial charge in [0.25, 0.3) is 16.0 Å². The van der Waals surface area contributed by atoms with Crippen molar-refractivity contribution in [1.29, 1.82) is 0 Å². The SMILES string of the molecule is C[C@@]1(O)COCCN(c2nc(OC[C@]3(COS(C)(=O)=O)CC3(F)F)nc3sc4c(-c5c(C6CC6)c(Cl)cc6c5cnn6C5CCCCO5)nccc4c23)C1. The zero-order valence-electron chi connectivity index (χ0n) is 29.7. The molecule has 0 bridgehead atoms. The van der Waals surface area contributed by atoms with Crippen molar-refractivity contribution < 1.29 is 40.7 Å². The molecule has 0 amide bonds. The molecule has 2 saturated carbocycles. The lowest BCUT2D eigenvalue weighted by molar-refractivity contribution is -0.0366. The topological polar surface area (TPSA) is 151 Å². The van der Waals surface area contributed by atoms with Gasteiger partial charge in [-0.15, -0.1) is 11.3 Å². The van der Waals surface area contributed by atoms with Crippen LogP contribution in [0, 0.1) is 5.41 Å². The summed E-state index contributed by atoms with van der Waals surface area (Å²) in [7, 11) is -3.97. The van der Waals surface area contributed by atoms with Gasteiger partial charge in [0.2, 0.25) is 0 Å². The van der Waals surface area contributed by atoms with Crippen LogP contribution in [0.3, 0.4) is 0 Å². The van der Waals surface area contributed by atoms with Gasteiger partial charge in [-0.1, -0.05) is 11.6 Å². The number of pyridine rings is 1. The number of hydrogen-bond acceptors (Lipinski definition) is 13. The largest absolute Gasteiger partial charge is 0.462 e. The van der Waals surface area contributed by atoms with E-state index >= 15 is 0 Å². The van der Waals surface area contributed by atoms with Crippen molar-refractivity contribution in [2.24, 2.45) is 5.41 Å². The third-order valence-electron chi connectivity index (χ3n) is 10.7. The second-order valence-corrected chi connectivity index (χ2v) is 18.4. The van der Waals surface area contributed by atoms with Gasteiger partial charge < -0.3 is 24.2 Å². The molecule has 4 fully saturated rings. The Kier molecular flexibility index (Phi) is 8.83. The summed E-state index contributed by atoms with van der Waals surface area (Å²) >= 11 is 8.51. The summed E-state index contributed by atoms with van der Waals surface area (Å²) < 4.78 is 78.1. The molecule has 4 aromatic heterocycles. The maximum absolute atomic E-state index is 14.7. The molecule has 3 atom stereocenters. The molecule has 1 unspecified atom stereocenters. The summed E-state index contributed by atoms with van der Waals surface area (Å²) in [6.45, 7) is 2.01. The fraction of sp³-hybridized carbons (Fsp3) is 0.556. The van der Waals surface area contributed by atoms with E-state index in [1.165, 1.54) is 11.3 Å². The molecule has 13 nitrogen and oxygen atoms in total. The molecule has 1 N–H and O–H groups in total. The standard InChI is InChI=1S/C36H39ClF2N6O7S2/c1-34(46)16-44(10-12-49-17-34)31-28-21-8-9-40-29(27-22-14-41-45(25-5-3-4-11-50-25)24(22)13-23(37)26(27)20-6-7-20)30(21)53-32(28)43-33(42-31)51-18-35(15-36(35,38)39)19-52-54(2,47)48/h8-9,13-14,20,25,46H,3-7,10-12,15-19H2,1-2H3/t25?,34-,35-/m0/s1. The van der Waals surface area contributed by atoms with Crippen molar-refractivity contribution in [3.05, 3.63) is 35.1 Å². The van der Waals surface area contributed by atoms with Crippen LogP contribution in [0.1, 0.15) is 63.2 Å². The number of thiophene rings is 1. The first kappa shape index (κ1) is 36.3. The Morgan fingerprint density at radius 2 is 1.96 bits per heavy atom. The zero-order valence-corrected chi connectivity index (χ0v) is 32.1. The van der Waals surface area contributed by atoms with Gasteiger partial charge in [-0.2, -0.15) is 23.5 Å². The molecule has 18 heteroatoms. The van der Waals surface area contributed by atoms with Crippen LogP contribution < -0.4 is 9.64 Å². The maximum Gasteiger partial charge on any atom is 0.319 e. The van der Waals surface area contributed by atoms with Crippen LogP contribution in [0.15, 0.2) is 24.5 Å². The zero-order chi connectivity index (χ0) is 37.6. The molecule has 4 aliphatic rings. The number of benzene rings is 1. The van der Waals surface area contributed by atoms with E-state index in [-0.39, 0.29) is 31.3 Å². The van der Waals surface area contributed by atoms with Crippen LogP contribution in [0.25, 0.3) is 42.5 Å². The van der Waals surface area contributed by atoms with Gasteiger partial charge >= 0.3 is 6.01 Å². The average Bonchev–Trinajstić information content (AvgIpc) is 3.97. The molecule has 2 saturated heterocycles. The van der Waals surface area contributed by atoms with Crippen LogP contribution in [-0.2, 0) is 23.8 Å². The fourth-order valence-corrected chi connectivity index (χ4v) is 9.66. The lowest BCUT2D eigenvalue weighted by Crippen LogP contribution is -2.42. The molecular formula is C36H39ClF2N6O7S2. The minimum absolute atomic E-state index is 0.117. The summed E-state index contributed by atoms with van der Waals surface area (Å²) in [6.07, 6.45) is 8.54. The van der Waals surface area contributed by atoms with E-state index in [4.69, 9.17) is 50.0 Å². The summed E-state index contributed by atoms with van der Waals surface area (Å²) in [6, 6.07) is 3.72. The first-order chi connectivity index (χ1) is 25.7. The number of ether oxygens (including phenoxy) is 3. The Balaban J connectivity index is 1.20. The van der Waals surface area contributed by atoms with Crippen molar-refractivity contribution in [3.8, 4) is 17.3 Å². The minimum atomic E-state index is -3.97. The first-order valence-electron chi connectivity index (χ1n) is 18.0. The smallest absolute Gasteiger partial charge is 0.319 e. The molecule has 1 aromatic carbocycles. The van der Waals surface area contributed by atoms with Crippen molar-refractivity contribution in [3.63, 3.8) is 0 Å². The van der Waals surface area contributed by atoms with E-state index in [9.17, 15) is 22.3 Å². The van der Waals surface area contributed by atoms with Gasteiger partial charge in [0.1, 0.15) is 22.9 Å². The summed E-state index contributed by atoms with van der Waals surface area (Å²) in [5.74, 6) is -2.48. The number of anilines is 1. The highest BCUT2D eigenvalue weighted by Crippen LogP contribution is 2.61. The molecule has 2 aliphatic heterocycles. The van der Waals surface area contributed by atoms with Crippen LogP contribution in [0.5, 0.6) is 6.01 Å². The van der Waals surface area contributed by atoms with Crippen molar-refractivity contribution in [2.75, 3.05) is 57.3 Å². The summed E-state index contributed by atoms with van der Waals surface area (Å²) in [4.78, 5) is 16.9. The second kappa shape index (κ2) is 13.1. The van der Waals surface area contributed by atoms with Crippen LogP contribution >= 0.6 is 22.9 Å². The number of halogens is 3. The van der Waals surface area contributed by atoms with Gasteiger partial charge in [0.15, 0.2) is 6.23 Å². The van der Waals surface area contributed by atoms with Gasteiger partial charge in [-0.05, 0) is 62.6 Å². The third-order valence-corrected chi connectivity index (χ3v) is 12.7. The Hall–Kier alpha value is -3.32. The number of aromatic nitrogens is 5. The van der Waals surface area contributed by atoms with Crippen molar-refractivity contribution in [2.45, 2.75) is 69.1 Å². The van der Waals surface area contributed by atoms with E-state index in [1.54, 1.807) is 13.1 Å². The van der Waals surface area contributed by atoms with Gasteiger partial charge in [-0.25, -0.2) is 13.5 Å². The van der Waals surface area contributed by atoms with E-state index in [1.807, 2.05) is 27.9 Å². The number of nitrogens with zero attached hydrogens (tertiary/aromatic N) is 6. The predicted molar refractivity (Wildman–Crippen MR) is 199 cm³/mol. The van der Waals surface area contributed by atoms with E-state index < -0.39 is 46.7 Å². The van der Waals surface area contributed by atoms with Gasteiger partial charge in [0.05, 0.1) is 65.5 Å². The number of fused-ring (bicyclic) bond motifs is 4. The predicted octanol–water partition coefficient (Wildman–Crippen LogP) is 6.45. The Bertz CT molecular complexity index is 2400.